The Morgan fingerprint density at radius 1 is 1.47 bits per heavy atom. The Hall–Kier alpha value is -1.35. The second-order valence-corrected chi connectivity index (χ2v) is 4.66. The van der Waals surface area contributed by atoms with Gasteiger partial charge in [-0.05, 0) is 38.4 Å². The zero-order valence-corrected chi connectivity index (χ0v) is 10.3. The number of carbonyl (C=O) groups is 1. The Morgan fingerprint density at radius 2 is 2.35 bits per heavy atom. The number of hydrogen-bond donors (Lipinski definition) is 2. The molecular weight excluding hydrogens is 212 g/mol. The number of anilines is 1. The molecule has 3 heteroatoms. The maximum atomic E-state index is 11.3. The molecule has 0 amide bonds. The van der Waals surface area contributed by atoms with Crippen LogP contribution in [0.2, 0.25) is 0 Å². The Kier molecular flexibility index (Phi) is 4.15. The number of benzene rings is 1. The van der Waals surface area contributed by atoms with Crippen LogP contribution in [-0.2, 0) is 0 Å². The van der Waals surface area contributed by atoms with Gasteiger partial charge in [0.2, 0.25) is 0 Å². The lowest BCUT2D eigenvalue weighted by Crippen LogP contribution is -2.39. The number of Topliss-reactive ketones (excluding diaryl/α,β-unsaturated/α-hetero) is 1. The van der Waals surface area contributed by atoms with Crippen molar-refractivity contribution in [2.75, 3.05) is 18.4 Å². The molecule has 0 aliphatic carbocycles. The molecule has 2 rings (SSSR count). The maximum absolute atomic E-state index is 11.3. The molecule has 0 spiro atoms. The van der Waals surface area contributed by atoms with Crippen molar-refractivity contribution >= 4 is 11.5 Å². The van der Waals surface area contributed by atoms with Crippen molar-refractivity contribution in [3.8, 4) is 0 Å². The summed E-state index contributed by atoms with van der Waals surface area (Å²) < 4.78 is 0. The van der Waals surface area contributed by atoms with E-state index in [0.29, 0.717) is 6.04 Å². The zero-order valence-electron chi connectivity index (χ0n) is 10.3. The molecule has 1 atom stereocenters. The van der Waals surface area contributed by atoms with Crippen molar-refractivity contribution in [2.24, 2.45) is 0 Å². The topological polar surface area (TPSA) is 41.1 Å². The standard InChI is InChI=1S/C14H20N2O/c1-11(17)12-5-4-7-13(9-12)16-10-14-6-2-3-8-15-14/h4-5,7,9,14-16H,2-3,6,8,10H2,1H3. The molecule has 1 aromatic rings. The van der Waals surface area contributed by atoms with Gasteiger partial charge in [-0.25, -0.2) is 0 Å². The number of nitrogens with one attached hydrogen (secondary N) is 2. The highest BCUT2D eigenvalue weighted by Crippen LogP contribution is 2.13. The van der Waals surface area contributed by atoms with E-state index in [2.05, 4.69) is 10.6 Å². The van der Waals surface area contributed by atoms with Gasteiger partial charge in [0.25, 0.3) is 0 Å². The molecule has 1 aromatic carbocycles. The molecule has 17 heavy (non-hydrogen) atoms. The van der Waals surface area contributed by atoms with E-state index in [1.807, 2.05) is 24.3 Å². The van der Waals surface area contributed by atoms with Crippen LogP contribution >= 0.6 is 0 Å². The monoisotopic (exact) mass is 232 g/mol. The van der Waals surface area contributed by atoms with E-state index in [-0.39, 0.29) is 5.78 Å². The lowest BCUT2D eigenvalue weighted by Gasteiger charge is -2.24. The minimum absolute atomic E-state index is 0.115. The summed E-state index contributed by atoms with van der Waals surface area (Å²) in [5.74, 6) is 0.115. The van der Waals surface area contributed by atoms with Gasteiger partial charge in [0, 0.05) is 23.8 Å². The second kappa shape index (κ2) is 5.82. The Bertz CT molecular complexity index is 384. The van der Waals surface area contributed by atoms with Gasteiger partial charge < -0.3 is 10.6 Å². The highest BCUT2D eigenvalue weighted by atomic mass is 16.1. The Labute approximate surface area is 103 Å². The Balaban J connectivity index is 1.89. The van der Waals surface area contributed by atoms with Crippen LogP contribution in [0.5, 0.6) is 0 Å². The lowest BCUT2D eigenvalue weighted by atomic mass is 10.0. The summed E-state index contributed by atoms with van der Waals surface area (Å²) in [5, 5.41) is 6.89. The predicted molar refractivity (Wildman–Crippen MR) is 70.6 cm³/mol. The highest BCUT2D eigenvalue weighted by Gasteiger charge is 2.11. The number of carbonyl (C=O) groups excluding carboxylic acids is 1. The van der Waals surface area contributed by atoms with Crippen LogP contribution in [0.1, 0.15) is 36.5 Å². The Morgan fingerprint density at radius 3 is 3.06 bits per heavy atom. The summed E-state index contributed by atoms with van der Waals surface area (Å²) in [6.45, 7) is 3.66. The summed E-state index contributed by atoms with van der Waals surface area (Å²) in [5.41, 5.74) is 1.80. The van der Waals surface area contributed by atoms with Gasteiger partial charge in [-0.1, -0.05) is 18.6 Å². The molecule has 2 N–H and O–H groups in total. The fraction of sp³-hybridized carbons (Fsp3) is 0.500. The smallest absolute Gasteiger partial charge is 0.159 e. The van der Waals surface area contributed by atoms with Crippen LogP contribution in [0, 0.1) is 0 Å². The summed E-state index contributed by atoms with van der Waals surface area (Å²) in [6, 6.07) is 8.27. The van der Waals surface area contributed by atoms with Crippen LogP contribution in [0.25, 0.3) is 0 Å². The van der Waals surface area contributed by atoms with Gasteiger partial charge in [-0.15, -0.1) is 0 Å². The second-order valence-electron chi connectivity index (χ2n) is 4.66. The molecule has 1 heterocycles. The molecule has 1 aliphatic heterocycles. The molecule has 1 unspecified atom stereocenters. The fourth-order valence-corrected chi connectivity index (χ4v) is 2.19. The molecule has 0 radical (unpaired) electrons. The molecular formula is C14H20N2O. The molecule has 0 bridgehead atoms. The quantitative estimate of drug-likeness (QED) is 0.783. The molecule has 3 nitrogen and oxygen atoms in total. The van der Waals surface area contributed by atoms with E-state index in [0.717, 1.165) is 24.3 Å². The van der Waals surface area contributed by atoms with Crippen LogP contribution in [0.3, 0.4) is 0 Å². The summed E-state index contributed by atoms with van der Waals surface area (Å²) in [7, 11) is 0. The minimum atomic E-state index is 0.115. The SMILES string of the molecule is CC(=O)c1cccc(NCC2CCCCN2)c1. The zero-order chi connectivity index (χ0) is 12.1. The van der Waals surface area contributed by atoms with Crippen molar-refractivity contribution in [1.82, 2.24) is 5.32 Å². The third kappa shape index (κ3) is 3.56. The van der Waals surface area contributed by atoms with E-state index >= 15 is 0 Å². The number of piperidine rings is 1. The third-order valence-corrected chi connectivity index (χ3v) is 3.23. The van der Waals surface area contributed by atoms with Gasteiger partial charge in [0.15, 0.2) is 5.78 Å². The predicted octanol–water partition coefficient (Wildman–Crippen LogP) is 2.44. The van der Waals surface area contributed by atoms with Gasteiger partial charge in [-0.3, -0.25) is 4.79 Å². The first kappa shape index (κ1) is 12.1. The molecule has 1 saturated heterocycles. The van der Waals surface area contributed by atoms with Gasteiger partial charge in [-0.2, -0.15) is 0 Å². The first-order valence-corrected chi connectivity index (χ1v) is 6.34. The average molecular weight is 232 g/mol. The van der Waals surface area contributed by atoms with E-state index < -0.39 is 0 Å². The van der Waals surface area contributed by atoms with Crippen LogP contribution in [0.4, 0.5) is 5.69 Å². The molecule has 1 fully saturated rings. The summed E-state index contributed by atoms with van der Waals surface area (Å²) in [6.07, 6.45) is 3.84. The van der Waals surface area contributed by atoms with Gasteiger partial charge >= 0.3 is 0 Å². The van der Waals surface area contributed by atoms with Gasteiger partial charge in [0.05, 0.1) is 0 Å². The molecule has 0 aromatic heterocycles. The number of hydrogen-bond acceptors (Lipinski definition) is 3. The van der Waals surface area contributed by atoms with Gasteiger partial charge in [0.1, 0.15) is 0 Å². The molecule has 92 valence electrons. The number of rotatable bonds is 4. The van der Waals surface area contributed by atoms with Crippen molar-refractivity contribution < 1.29 is 4.79 Å². The van der Waals surface area contributed by atoms with E-state index in [1.165, 1.54) is 19.3 Å². The molecule has 0 saturated carbocycles. The maximum Gasteiger partial charge on any atom is 0.159 e. The summed E-state index contributed by atoms with van der Waals surface area (Å²) in [4.78, 5) is 11.3. The third-order valence-electron chi connectivity index (χ3n) is 3.23. The van der Waals surface area contributed by atoms with E-state index in [4.69, 9.17) is 0 Å². The van der Waals surface area contributed by atoms with Crippen LogP contribution < -0.4 is 10.6 Å². The minimum Gasteiger partial charge on any atom is -0.383 e. The van der Waals surface area contributed by atoms with Crippen molar-refractivity contribution in [1.29, 1.82) is 0 Å². The van der Waals surface area contributed by atoms with E-state index in [9.17, 15) is 4.79 Å². The van der Waals surface area contributed by atoms with Crippen LogP contribution in [-0.4, -0.2) is 24.9 Å². The van der Waals surface area contributed by atoms with Crippen molar-refractivity contribution in [2.45, 2.75) is 32.2 Å². The number of ketones is 1. The summed E-state index contributed by atoms with van der Waals surface area (Å²) >= 11 is 0. The first-order chi connectivity index (χ1) is 8.25. The average Bonchev–Trinajstić information content (AvgIpc) is 2.38. The molecule has 1 aliphatic rings. The normalized spacial score (nSPS) is 19.9. The van der Waals surface area contributed by atoms with Crippen molar-refractivity contribution in [3.05, 3.63) is 29.8 Å². The highest BCUT2D eigenvalue weighted by molar-refractivity contribution is 5.94. The van der Waals surface area contributed by atoms with Crippen molar-refractivity contribution in [3.63, 3.8) is 0 Å². The first-order valence-electron chi connectivity index (χ1n) is 6.34. The lowest BCUT2D eigenvalue weighted by molar-refractivity contribution is 0.101. The van der Waals surface area contributed by atoms with Crippen LogP contribution in [0.15, 0.2) is 24.3 Å². The fourth-order valence-electron chi connectivity index (χ4n) is 2.19. The van der Waals surface area contributed by atoms with E-state index in [1.54, 1.807) is 6.92 Å². The largest absolute Gasteiger partial charge is 0.383 e.